The fourth-order valence-electron chi connectivity index (χ4n) is 2.21. The van der Waals surface area contributed by atoms with Gasteiger partial charge in [0.05, 0.1) is 0 Å². The van der Waals surface area contributed by atoms with Gasteiger partial charge >= 0.3 is 11.9 Å². The maximum absolute atomic E-state index is 10.8. The second-order valence-corrected chi connectivity index (χ2v) is 6.42. The van der Waals surface area contributed by atoms with Crippen LogP contribution in [0.2, 0.25) is 0 Å². The molecular formula is C16H19ClO4. The van der Waals surface area contributed by atoms with Gasteiger partial charge in [-0.05, 0) is 48.5 Å². The largest absolute Gasteiger partial charge is 0.477 e. The lowest BCUT2D eigenvalue weighted by Gasteiger charge is -2.29. The zero-order valence-corrected chi connectivity index (χ0v) is 13.1. The van der Waals surface area contributed by atoms with Gasteiger partial charge in [-0.3, -0.25) is 0 Å². The number of rotatable bonds is 4. The van der Waals surface area contributed by atoms with Gasteiger partial charge in [-0.15, -0.1) is 0 Å². The molecule has 0 aliphatic heterocycles. The molecule has 4 nitrogen and oxygen atoms in total. The maximum atomic E-state index is 10.8. The average Bonchev–Trinajstić information content (AvgIpc) is 2.30. The Labute approximate surface area is 129 Å². The molecule has 0 saturated carbocycles. The van der Waals surface area contributed by atoms with Crippen molar-refractivity contribution in [2.45, 2.75) is 33.6 Å². The first-order valence-corrected chi connectivity index (χ1v) is 6.90. The van der Waals surface area contributed by atoms with Crippen LogP contribution in [-0.4, -0.2) is 22.2 Å². The van der Waals surface area contributed by atoms with E-state index in [0.29, 0.717) is 5.57 Å². The Morgan fingerprint density at radius 2 is 1.81 bits per heavy atom. The summed E-state index contributed by atoms with van der Waals surface area (Å²) in [5.74, 6) is -2.91. The van der Waals surface area contributed by atoms with Crippen LogP contribution in [0.3, 0.4) is 0 Å². The van der Waals surface area contributed by atoms with Gasteiger partial charge in [0.1, 0.15) is 5.57 Å². The van der Waals surface area contributed by atoms with Crippen LogP contribution in [0.15, 0.2) is 46.1 Å². The number of hydrogen-bond acceptors (Lipinski definition) is 2. The van der Waals surface area contributed by atoms with E-state index in [1.54, 1.807) is 13.0 Å². The summed E-state index contributed by atoms with van der Waals surface area (Å²) in [5, 5.41) is 18.4. The van der Waals surface area contributed by atoms with Crippen molar-refractivity contribution >= 4 is 23.5 Å². The van der Waals surface area contributed by atoms with Crippen molar-refractivity contribution in [3.05, 3.63) is 46.1 Å². The first kappa shape index (κ1) is 17.2. The smallest absolute Gasteiger partial charge is 0.343 e. The Hall–Kier alpha value is -1.81. The molecule has 0 saturated heterocycles. The summed E-state index contributed by atoms with van der Waals surface area (Å²) < 4.78 is 0. The summed E-state index contributed by atoms with van der Waals surface area (Å²) in [6.07, 6.45) is 8.27. The van der Waals surface area contributed by atoms with Crippen molar-refractivity contribution < 1.29 is 19.8 Å². The summed E-state index contributed by atoms with van der Waals surface area (Å²) >= 11 is 6.11. The summed E-state index contributed by atoms with van der Waals surface area (Å²) in [6, 6.07) is 0. The second kappa shape index (κ2) is 6.76. The third kappa shape index (κ3) is 5.60. The molecule has 0 spiro atoms. The molecular weight excluding hydrogens is 292 g/mol. The number of aliphatic carboxylic acids is 2. The summed E-state index contributed by atoms with van der Waals surface area (Å²) in [4.78, 5) is 21.6. The predicted octanol–water partition coefficient (Wildman–Crippen LogP) is 3.90. The highest BCUT2D eigenvalue weighted by Gasteiger charge is 2.24. The van der Waals surface area contributed by atoms with Crippen molar-refractivity contribution in [1.29, 1.82) is 0 Å². The molecule has 1 aliphatic carbocycles. The lowest BCUT2D eigenvalue weighted by molar-refractivity contribution is -0.140. The minimum Gasteiger partial charge on any atom is -0.477 e. The van der Waals surface area contributed by atoms with Crippen molar-refractivity contribution in [2.75, 3.05) is 0 Å². The SMILES string of the molecule is C/C(C=C(C(=O)O)C(=O)O)=C\C=C1\C=C(Cl)CC(C)(C)C1. The van der Waals surface area contributed by atoms with Crippen molar-refractivity contribution in [2.24, 2.45) is 5.41 Å². The van der Waals surface area contributed by atoms with Gasteiger partial charge in [-0.1, -0.05) is 37.6 Å². The molecule has 0 aromatic carbocycles. The Kier molecular flexibility index (Phi) is 5.55. The van der Waals surface area contributed by atoms with Crippen LogP contribution in [0.4, 0.5) is 0 Å². The van der Waals surface area contributed by atoms with E-state index in [2.05, 4.69) is 13.8 Å². The number of hydrogen-bond donors (Lipinski definition) is 2. The van der Waals surface area contributed by atoms with Gasteiger partial charge in [0.25, 0.3) is 0 Å². The van der Waals surface area contributed by atoms with Gasteiger partial charge in [0.15, 0.2) is 0 Å². The van der Waals surface area contributed by atoms with E-state index in [-0.39, 0.29) is 5.41 Å². The monoisotopic (exact) mass is 310 g/mol. The summed E-state index contributed by atoms with van der Waals surface area (Å²) in [7, 11) is 0. The number of carboxylic acid groups (broad SMARTS) is 2. The fourth-order valence-corrected chi connectivity index (χ4v) is 2.71. The van der Waals surface area contributed by atoms with Gasteiger partial charge in [-0.2, -0.15) is 0 Å². The van der Waals surface area contributed by atoms with Gasteiger partial charge in [-0.25, -0.2) is 9.59 Å². The van der Waals surface area contributed by atoms with Crippen molar-refractivity contribution in [3.63, 3.8) is 0 Å². The highest BCUT2D eigenvalue weighted by Crippen LogP contribution is 2.39. The van der Waals surface area contributed by atoms with E-state index in [4.69, 9.17) is 21.8 Å². The molecule has 5 heteroatoms. The highest BCUT2D eigenvalue weighted by atomic mass is 35.5. The maximum Gasteiger partial charge on any atom is 0.343 e. The molecule has 21 heavy (non-hydrogen) atoms. The molecule has 0 fully saturated rings. The van der Waals surface area contributed by atoms with Crippen LogP contribution in [0.25, 0.3) is 0 Å². The van der Waals surface area contributed by atoms with Crippen molar-refractivity contribution in [3.8, 4) is 0 Å². The molecule has 0 unspecified atom stereocenters. The Bertz CT molecular complexity index is 561. The first-order chi connectivity index (χ1) is 9.60. The predicted molar refractivity (Wildman–Crippen MR) is 82.1 cm³/mol. The highest BCUT2D eigenvalue weighted by molar-refractivity contribution is 6.29. The van der Waals surface area contributed by atoms with Gasteiger partial charge < -0.3 is 10.2 Å². The molecule has 1 aliphatic rings. The molecule has 0 heterocycles. The Balaban J connectivity index is 3.01. The Morgan fingerprint density at radius 3 is 2.29 bits per heavy atom. The minimum absolute atomic E-state index is 0.0859. The molecule has 0 atom stereocenters. The lowest BCUT2D eigenvalue weighted by atomic mass is 9.78. The molecule has 0 aromatic rings. The first-order valence-electron chi connectivity index (χ1n) is 6.52. The number of allylic oxidation sites excluding steroid dienone is 7. The second-order valence-electron chi connectivity index (χ2n) is 5.93. The van der Waals surface area contributed by atoms with Crippen molar-refractivity contribution in [1.82, 2.24) is 0 Å². The average molecular weight is 311 g/mol. The molecule has 0 amide bonds. The van der Waals surface area contributed by atoms with E-state index >= 15 is 0 Å². The zero-order chi connectivity index (χ0) is 16.2. The van der Waals surface area contributed by atoms with Crippen LogP contribution in [0.5, 0.6) is 0 Å². The lowest BCUT2D eigenvalue weighted by Crippen LogP contribution is -2.15. The van der Waals surface area contributed by atoms with Crippen LogP contribution in [0, 0.1) is 5.41 Å². The fraction of sp³-hybridized carbons (Fsp3) is 0.375. The Morgan fingerprint density at radius 1 is 1.24 bits per heavy atom. The summed E-state index contributed by atoms with van der Waals surface area (Å²) in [5.41, 5.74) is 1.02. The number of halogens is 1. The normalized spacial score (nSPS) is 19.9. The van der Waals surface area contributed by atoms with Gasteiger partial charge in [0, 0.05) is 5.03 Å². The molecule has 0 bridgehead atoms. The van der Waals surface area contributed by atoms with E-state index in [0.717, 1.165) is 29.5 Å². The van der Waals surface area contributed by atoms with Crippen LogP contribution < -0.4 is 0 Å². The van der Waals surface area contributed by atoms with Crippen LogP contribution in [-0.2, 0) is 9.59 Å². The van der Waals surface area contributed by atoms with E-state index < -0.39 is 17.5 Å². The molecule has 114 valence electrons. The van der Waals surface area contributed by atoms with E-state index in [1.165, 1.54) is 0 Å². The molecule has 1 rings (SSSR count). The molecule has 2 N–H and O–H groups in total. The molecule has 0 radical (unpaired) electrons. The van der Waals surface area contributed by atoms with Crippen LogP contribution in [0.1, 0.15) is 33.6 Å². The quantitative estimate of drug-likeness (QED) is 0.357. The third-order valence-electron chi connectivity index (χ3n) is 3.07. The standard InChI is InChI=1S/C16H19ClO4/c1-10(6-13(14(18)19)15(20)21)4-5-11-7-12(17)9-16(2,3)8-11/h4-7H,8-9H2,1-3H3,(H,18,19)(H,20,21)/b10-4+,11-5-. The topological polar surface area (TPSA) is 74.6 Å². The minimum atomic E-state index is -1.45. The summed E-state index contributed by atoms with van der Waals surface area (Å²) in [6.45, 7) is 5.90. The van der Waals surface area contributed by atoms with Crippen LogP contribution >= 0.6 is 11.6 Å². The van der Waals surface area contributed by atoms with E-state index in [1.807, 2.05) is 12.2 Å². The molecule has 0 aromatic heterocycles. The van der Waals surface area contributed by atoms with Gasteiger partial charge in [0.2, 0.25) is 0 Å². The number of carboxylic acids is 2. The van der Waals surface area contributed by atoms with E-state index in [9.17, 15) is 9.59 Å². The zero-order valence-electron chi connectivity index (χ0n) is 12.3. The number of carbonyl (C=O) groups is 2. The third-order valence-corrected chi connectivity index (χ3v) is 3.31.